The number of nitrogens with one attached hydrogen (secondary N) is 1. The van der Waals surface area contributed by atoms with E-state index in [0.717, 1.165) is 35.0 Å². The molecular weight excluding hydrogens is 280 g/mol. The van der Waals surface area contributed by atoms with Gasteiger partial charge in [-0.3, -0.25) is 0 Å². The van der Waals surface area contributed by atoms with Gasteiger partial charge in [-0.05, 0) is 35.7 Å². The van der Waals surface area contributed by atoms with Crippen molar-refractivity contribution in [1.82, 2.24) is 9.97 Å². The van der Waals surface area contributed by atoms with Gasteiger partial charge in [-0.2, -0.15) is 4.98 Å². The van der Waals surface area contributed by atoms with Crippen molar-refractivity contribution in [2.24, 2.45) is 0 Å². The molecule has 5 heteroatoms. The SMILES string of the molecule is CCN(CC)c1nc(NC)c(Br)c(C(C)C)n1. The molecule has 0 aliphatic rings. The van der Waals surface area contributed by atoms with Crippen LogP contribution in [0.15, 0.2) is 4.47 Å². The minimum atomic E-state index is 0.369. The lowest BCUT2D eigenvalue weighted by atomic mass is 10.1. The van der Waals surface area contributed by atoms with Crippen molar-refractivity contribution in [2.75, 3.05) is 30.4 Å². The molecule has 1 heterocycles. The molecule has 0 radical (unpaired) electrons. The molecule has 0 fully saturated rings. The number of halogens is 1. The molecule has 0 aliphatic heterocycles. The van der Waals surface area contributed by atoms with E-state index in [1.807, 2.05) is 7.05 Å². The summed E-state index contributed by atoms with van der Waals surface area (Å²) < 4.78 is 0.964. The Morgan fingerprint density at radius 3 is 2.24 bits per heavy atom. The lowest BCUT2D eigenvalue weighted by Gasteiger charge is -2.21. The first-order valence-electron chi connectivity index (χ1n) is 6.05. The van der Waals surface area contributed by atoms with Crippen LogP contribution < -0.4 is 10.2 Å². The third-order valence-corrected chi connectivity index (χ3v) is 3.48. The van der Waals surface area contributed by atoms with E-state index in [1.165, 1.54) is 0 Å². The zero-order valence-corrected chi connectivity index (χ0v) is 12.8. The van der Waals surface area contributed by atoms with Gasteiger partial charge >= 0.3 is 0 Å². The van der Waals surface area contributed by atoms with Crippen LogP contribution in [0, 0.1) is 0 Å². The Kier molecular flexibility index (Phi) is 5.18. The molecule has 0 aromatic carbocycles. The van der Waals surface area contributed by atoms with Crippen LogP contribution in [0.5, 0.6) is 0 Å². The lowest BCUT2D eigenvalue weighted by Crippen LogP contribution is -2.25. The van der Waals surface area contributed by atoms with Gasteiger partial charge in [0.05, 0.1) is 10.2 Å². The molecule has 0 saturated heterocycles. The third-order valence-electron chi connectivity index (χ3n) is 2.70. The summed E-state index contributed by atoms with van der Waals surface area (Å²) in [5.41, 5.74) is 1.05. The molecule has 17 heavy (non-hydrogen) atoms. The largest absolute Gasteiger partial charge is 0.372 e. The highest BCUT2D eigenvalue weighted by atomic mass is 79.9. The average molecular weight is 301 g/mol. The van der Waals surface area contributed by atoms with Crippen LogP contribution in [-0.4, -0.2) is 30.1 Å². The van der Waals surface area contributed by atoms with E-state index in [2.05, 4.69) is 63.8 Å². The minimum absolute atomic E-state index is 0.369. The van der Waals surface area contributed by atoms with Crippen LogP contribution in [0.4, 0.5) is 11.8 Å². The van der Waals surface area contributed by atoms with E-state index >= 15 is 0 Å². The highest BCUT2D eigenvalue weighted by Gasteiger charge is 2.16. The molecule has 1 rings (SSSR count). The van der Waals surface area contributed by atoms with Crippen molar-refractivity contribution < 1.29 is 0 Å². The number of aromatic nitrogens is 2. The van der Waals surface area contributed by atoms with Gasteiger partial charge in [-0.15, -0.1) is 0 Å². The number of anilines is 2. The van der Waals surface area contributed by atoms with E-state index in [0.29, 0.717) is 5.92 Å². The Balaban J connectivity index is 3.28. The van der Waals surface area contributed by atoms with Crippen LogP contribution in [0.25, 0.3) is 0 Å². The standard InChI is InChI=1S/C12H21BrN4/c1-6-17(7-2)12-15-10(8(3)4)9(13)11(14-5)16-12/h8H,6-7H2,1-5H3,(H,14,15,16). The Bertz CT molecular complexity index is 375. The molecule has 1 aromatic heterocycles. The first-order valence-corrected chi connectivity index (χ1v) is 6.84. The van der Waals surface area contributed by atoms with Gasteiger partial charge in [0.2, 0.25) is 5.95 Å². The molecule has 0 aliphatic carbocycles. The Hall–Kier alpha value is -0.840. The van der Waals surface area contributed by atoms with E-state index in [-0.39, 0.29) is 0 Å². The number of hydrogen-bond donors (Lipinski definition) is 1. The minimum Gasteiger partial charge on any atom is -0.372 e. The highest BCUT2D eigenvalue weighted by molar-refractivity contribution is 9.10. The molecule has 96 valence electrons. The number of rotatable bonds is 5. The Morgan fingerprint density at radius 1 is 1.24 bits per heavy atom. The molecular formula is C12H21BrN4. The fourth-order valence-corrected chi connectivity index (χ4v) is 2.48. The third kappa shape index (κ3) is 3.09. The van der Waals surface area contributed by atoms with Gasteiger partial charge in [-0.25, -0.2) is 4.98 Å². The number of hydrogen-bond acceptors (Lipinski definition) is 4. The molecule has 0 saturated carbocycles. The van der Waals surface area contributed by atoms with Gasteiger partial charge in [-0.1, -0.05) is 13.8 Å². The summed E-state index contributed by atoms with van der Waals surface area (Å²) in [6.45, 7) is 10.3. The second-order valence-electron chi connectivity index (χ2n) is 4.15. The van der Waals surface area contributed by atoms with Crippen molar-refractivity contribution in [1.29, 1.82) is 0 Å². The van der Waals surface area contributed by atoms with E-state index < -0.39 is 0 Å². The van der Waals surface area contributed by atoms with Gasteiger partial charge in [0.15, 0.2) is 0 Å². The second-order valence-corrected chi connectivity index (χ2v) is 4.94. The van der Waals surface area contributed by atoms with Crippen LogP contribution >= 0.6 is 15.9 Å². The smallest absolute Gasteiger partial charge is 0.227 e. The Labute approximate surface area is 112 Å². The first kappa shape index (κ1) is 14.2. The molecule has 0 amide bonds. The molecule has 0 spiro atoms. The normalized spacial score (nSPS) is 10.8. The molecule has 0 atom stereocenters. The van der Waals surface area contributed by atoms with Gasteiger partial charge in [0.25, 0.3) is 0 Å². The second kappa shape index (κ2) is 6.19. The van der Waals surface area contributed by atoms with Crippen molar-refractivity contribution in [3.8, 4) is 0 Å². The first-order chi connectivity index (χ1) is 8.04. The number of nitrogens with zero attached hydrogens (tertiary/aromatic N) is 3. The highest BCUT2D eigenvalue weighted by Crippen LogP contribution is 2.30. The van der Waals surface area contributed by atoms with E-state index in [4.69, 9.17) is 0 Å². The zero-order valence-electron chi connectivity index (χ0n) is 11.2. The van der Waals surface area contributed by atoms with Crippen molar-refractivity contribution in [3.05, 3.63) is 10.2 Å². The topological polar surface area (TPSA) is 41.1 Å². The van der Waals surface area contributed by atoms with Crippen LogP contribution in [0.2, 0.25) is 0 Å². The summed E-state index contributed by atoms with van der Waals surface area (Å²) >= 11 is 3.56. The summed E-state index contributed by atoms with van der Waals surface area (Å²) in [6.07, 6.45) is 0. The van der Waals surface area contributed by atoms with Gasteiger partial charge in [0.1, 0.15) is 5.82 Å². The summed E-state index contributed by atoms with van der Waals surface area (Å²) in [7, 11) is 1.88. The fraction of sp³-hybridized carbons (Fsp3) is 0.667. The van der Waals surface area contributed by atoms with E-state index in [9.17, 15) is 0 Å². The average Bonchev–Trinajstić information content (AvgIpc) is 2.31. The molecule has 4 nitrogen and oxygen atoms in total. The predicted octanol–water partition coefficient (Wildman–Crippen LogP) is 3.25. The van der Waals surface area contributed by atoms with Gasteiger partial charge < -0.3 is 10.2 Å². The fourth-order valence-electron chi connectivity index (χ4n) is 1.65. The van der Waals surface area contributed by atoms with Crippen molar-refractivity contribution in [2.45, 2.75) is 33.6 Å². The van der Waals surface area contributed by atoms with Crippen molar-refractivity contribution in [3.63, 3.8) is 0 Å². The predicted molar refractivity (Wildman–Crippen MR) is 76.9 cm³/mol. The maximum Gasteiger partial charge on any atom is 0.227 e. The summed E-state index contributed by atoms with van der Waals surface area (Å²) in [5, 5.41) is 3.11. The maximum atomic E-state index is 4.65. The van der Waals surface area contributed by atoms with Gasteiger partial charge in [0, 0.05) is 20.1 Å². The molecule has 1 N–H and O–H groups in total. The van der Waals surface area contributed by atoms with Crippen LogP contribution in [0.1, 0.15) is 39.3 Å². The summed E-state index contributed by atoms with van der Waals surface area (Å²) in [5.74, 6) is 2.02. The quantitative estimate of drug-likeness (QED) is 0.906. The molecule has 0 unspecified atom stereocenters. The van der Waals surface area contributed by atoms with Crippen LogP contribution in [0.3, 0.4) is 0 Å². The Morgan fingerprint density at radius 2 is 1.82 bits per heavy atom. The monoisotopic (exact) mass is 300 g/mol. The molecule has 1 aromatic rings. The van der Waals surface area contributed by atoms with E-state index in [1.54, 1.807) is 0 Å². The van der Waals surface area contributed by atoms with Crippen molar-refractivity contribution >= 4 is 27.7 Å². The molecule has 0 bridgehead atoms. The summed E-state index contributed by atoms with van der Waals surface area (Å²) in [6, 6.07) is 0. The lowest BCUT2D eigenvalue weighted by molar-refractivity contribution is 0.770. The maximum absolute atomic E-state index is 4.65. The zero-order chi connectivity index (χ0) is 13.0. The van der Waals surface area contributed by atoms with Crippen LogP contribution in [-0.2, 0) is 0 Å². The summed E-state index contributed by atoms with van der Waals surface area (Å²) in [4.78, 5) is 11.3.